The van der Waals surface area contributed by atoms with Gasteiger partial charge in [0.2, 0.25) is 0 Å². The number of alkyl carbamates (subject to hydrolysis) is 1. The van der Waals surface area contributed by atoms with Gasteiger partial charge in [-0.2, -0.15) is 0 Å². The highest BCUT2D eigenvalue weighted by Crippen LogP contribution is 2.12. The lowest BCUT2D eigenvalue weighted by Crippen LogP contribution is -2.43. The van der Waals surface area contributed by atoms with Crippen LogP contribution in [0.2, 0.25) is 0 Å². The zero-order valence-corrected chi connectivity index (χ0v) is 16.3. The van der Waals surface area contributed by atoms with Gasteiger partial charge in [-0.25, -0.2) is 9.59 Å². The molecule has 0 heterocycles. The highest BCUT2D eigenvalue weighted by atomic mass is 16.6. The molecule has 28 heavy (non-hydrogen) atoms. The Morgan fingerprint density at radius 1 is 0.964 bits per heavy atom. The summed E-state index contributed by atoms with van der Waals surface area (Å²) in [6, 6.07) is 14.9. The summed E-state index contributed by atoms with van der Waals surface area (Å²) < 4.78 is 10.5. The topological polar surface area (TPSA) is 84.9 Å². The molecule has 1 amide bonds. The molecule has 6 heteroatoms. The number of amides is 1. The average Bonchev–Trinajstić information content (AvgIpc) is 2.68. The van der Waals surface area contributed by atoms with Gasteiger partial charge in [0, 0.05) is 6.42 Å². The van der Waals surface area contributed by atoms with Gasteiger partial charge < -0.3 is 19.9 Å². The molecule has 0 saturated heterocycles. The van der Waals surface area contributed by atoms with Crippen LogP contribution in [0.15, 0.2) is 54.6 Å². The maximum atomic E-state index is 12.5. The van der Waals surface area contributed by atoms with Crippen LogP contribution >= 0.6 is 0 Å². The number of hydrogen-bond acceptors (Lipinski definition) is 5. The van der Waals surface area contributed by atoms with Crippen LogP contribution in [0.1, 0.15) is 31.4 Å². The maximum absolute atomic E-state index is 12.5. The van der Waals surface area contributed by atoms with E-state index in [2.05, 4.69) is 5.32 Å². The predicted octanol–water partition coefficient (Wildman–Crippen LogP) is 3.82. The van der Waals surface area contributed by atoms with E-state index in [1.54, 1.807) is 12.1 Å². The highest BCUT2D eigenvalue weighted by molar-refractivity contribution is 5.81. The number of nitrogens with one attached hydrogen (secondary N) is 1. The Morgan fingerprint density at radius 2 is 1.64 bits per heavy atom. The van der Waals surface area contributed by atoms with Crippen molar-refractivity contribution in [2.75, 3.05) is 6.61 Å². The Balaban J connectivity index is 1.96. The van der Waals surface area contributed by atoms with Crippen molar-refractivity contribution in [3.8, 4) is 5.75 Å². The van der Waals surface area contributed by atoms with Gasteiger partial charge in [0.05, 0.1) is 6.61 Å². The van der Waals surface area contributed by atoms with Crippen molar-refractivity contribution in [1.29, 1.82) is 0 Å². The van der Waals surface area contributed by atoms with Gasteiger partial charge in [-0.15, -0.1) is 0 Å². The van der Waals surface area contributed by atoms with Gasteiger partial charge in [0.25, 0.3) is 0 Å². The largest absolute Gasteiger partial charge is 0.508 e. The second kappa shape index (κ2) is 11.0. The van der Waals surface area contributed by atoms with Gasteiger partial charge >= 0.3 is 12.1 Å². The molecular weight excluding hydrogens is 358 g/mol. The Bertz CT molecular complexity index is 743. The first kappa shape index (κ1) is 21.3. The minimum absolute atomic E-state index is 0.112. The minimum atomic E-state index is -0.875. The molecule has 150 valence electrons. The summed E-state index contributed by atoms with van der Waals surface area (Å²) in [6.07, 6.45) is 0.297. The van der Waals surface area contributed by atoms with E-state index in [1.807, 2.05) is 44.2 Å². The summed E-state index contributed by atoms with van der Waals surface area (Å²) in [5.74, 6) is 0.0348. The fourth-order valence-electron chi connectivity index (χ4n) is 2.46. The molecule has 2 rings (SSSR count). The van der Waals surface area contributed by atoms with Crippen molar-refractivity contribution in [2.45, 2.75) is 39.3 Å². The lowest BCUT2D eigenvalue weighted by atomic mass is 10.1. The first-order valence-electron chi connectivity index (χ1n) is 9.36. The molecule has 0 radical (unpaired) electrons. The van der Waals surface area contributed by atoms with Gasteiger partial charge in [-0.05, 0) is 35.6 Å². The number of carbonyl (C=O) groups excluding carboxylic acids is 2. The molecule has 1 atom stereocenters. The van der Waals surface area contributed by atoms with E-state index in [0.717, 1.165) is 17.5 Å². The second-order valence-electron chi connectivity index (χ2n) is 6.98. The molecule has 0 aromatic heterocycles. The van der Waals surface area contributed by atoms with Crippen LogP contribution in [0.3, 0.4) is 0 Å². The van der Waals surface area contributed by atoms with Crippen molar-refractivity contribution < 1.29 is 24.2 Å². The maximum Gasteiger partial charge on any atom is 0.408 e. The number of carbonyl (C=O) groups is 2. The van der Waals surface area contributed by atoms with E-state index >= 15 is 0 Å². The normalized spacial score (nSPS) is 11.7. The van der Waals surface area contributed by atoms with Gasteiger partial charge in [0.1, 0.15) is 18.4 Å². The number of rotatable bonds is 9. The number of esters is 1. The Labute approximate surface area is 165 Å². The third kappa shape index (κ3) is 7.70. The molecule has 0 unspecified atom stereocenters. The van der Waals surface area contributed by atoms with E-state index in [-0.39, 0.29) is 18.8 Å². The van der Waals surface area contributed by atoms with Crippen LogP contribution in [0, 0.1) is 5.92 Å². The standard InChI is InChI=1S/C22H27NO5/c1-16(2)12-13-27-21(25)20(14-17-8-10-19(24)11-9-17)23-22(26)28-15-18-6-4-3-5-7-18/h3-11,16,20,24H,12-15H2,1-2H3,(H,23,26)/t20-/m0/s1. The van der Waals surface area contributed by atoms with E-state index in [0.29, 0.717) is 12.5 Å². The van der Waals surface area contributed by atoms with Gasteiger partial charge in [-0.1, -0.05) is 56.3 Å². The molecule has 6 nitrogen and oxygen atoms in total. The fraction of sp³-hybridized carbons (Fsp3) is 0.364. The van der Waals surface area contributed by atoms with Gasteiger partial charge in [0.15, 0.2) is 0 Å². The molecule has 2 aromatic rings. The molecule has 0 bridgehead atoms. The summed E-state index contributed by atoms with van der Waals surface area (Å²) in [5.41, 5.74) is 1.64. The Hall–Kier alpha value is -3.02. The predicted molar refractivity (Wildman–Crippen MR) is 106 cm³/mol. The van der Waals surface area contributed by atoms with Crippen LogP contribution in [0.4, 0.5) is 4.79 Å². The van der Waals surface area contributed by atoms with Crippen LogP contribution in [-0.4, -0.2) is 29.8 Å². The Kier molecular flexibility index (Phi) is 8.34. The number of phenols is 1. The summed E-state index contributed by atoms with van der Waals surface area (Å²) in [7, 11) is 0. The lowest BCUT2D eigenvalue weighted by molar-refractivity contribution is -0.146. The van der Waals surface area contributed by atoms with E-state index in [1.165, 1.54) is 12.1 Å². The number of aromatic hydroxyl groups is 1. The third-order valence-electron chi connectivity index (χ3n) is 4.11. The molecule has 0 saturated carbocycles. The fourth-order valence-corrected chi connectivity index (χ4v) is 2.46. The smallest absolute Gasteiger partial charge is 0.408 e. The summed E-state index contributed by atoms with van der Waals surface area (Å²) >= 11 is 0. The van der Waals surface area contributed by atoms with Crippen LogP contribution in [0.25, 0.3) is 0 Å². The van der Waals surface area contributed by atoms with Crippen LogP contribution in [0.5, 0.6) is 5.75 Å². The monoisotopic (exact) mass is 385 g/mol. The quantitative estimate of drug-likeness (QED) is 0.641. The first-order valence-corrected chi connectivity index (χ1v) is 9.36. The number of ether oxygens (including phenoxy) is 2. The number of phenolic OH excluding ortho intramolecular Hbond substituents is 1. The molecule has 2 aromatic carbocycles. The molecule has 0 spiro atoms. The van der Waals surface area contributed by atoms with Crippen molar-refractivity contribution in [2.24, 2.45) is 5.92 Å². The van der Waals surface area contributed by atoms with E-state index in [9.17, 15) is 14.7 Å². The average molecular weight is 385 g/mol. The molecule has 0 fully saturated rings. The second-order valence-corrected chi connectivity index (χ2v) is 6.98. The summed E-state index contributed by atoms with van der Waals surface area (Å²) in [4.78, 5) is 24.6. The number of hydrogen-bond donors (Lipinski definition) is 2. The SMILES string of the molecule is CC(C)CCOC(=O)[C@H](Cc1ccc(O)cc1)NC(=O)OCc1ccccc1. The summed E-state index contributed by atoms with van der Waals surface area (Å²) in [5, 5.41) is 12.0. The zero-order chi connectivity index (χ0) is 20.4. The number of benzene rings is 2. The summed E-state index contributed by atoms with van der Waals surface area (Å²) in [6.45, 7) is 4.49. The first-order chi connectivity index (χ1) is 13.4. The Morgan fingerprint density at radius 3 is 2.29 bits per heavy atom. The minimum Gasteiger partial charge on any atom is -0.508 e. The molecular formula is C22H27NO5. The van der Waals surface area contributed by atoms with Crippen molar-refractivity contribution in [3.63, 3.8) is 0 Å². The van der Waals surface area contributed by atoms with E-state index < -0.39 is 18.1 Å². The third-order valence-corrected chi connectivity index (χ3v) is 4.11. The molecule has 0 aliphatic rings. The van der Waals surface area contributed by atoms with Crippen LogP contribution in [-0.2, 0) is 27.3 Å². The zero-order valence-electron chi connectivity index (χ0n) is 16.3. The highest BCUT2D eigenvalue weighted by Gasteiger charge is 2.23. The van der Waals surface area contributed by atoms with Gasteiger partial charge in [-0.3, -0.25) is 0 Å². The van der Waals surface area contributed by atoms with Crippen molar-refractivity contribution in [1.82, 2.24) is 5.32 Å². The van der Waals surface area contributed by atoms with Crippen molar-refractivity contribution >= 4 is 12.1 Å². The van der Waals surface area contributed by atoms with Crippen molar-refractivity contribution in [3.05, 3.63) is 65.7 Å². The lowest BCUT2D eigenvalue weighted by Gasteiger charge is -2.18. The van der Waals surface area contributed by atoms with Crippen LogP contribution < -0.4 is 5.32 Å². The molecule has 0 aliphatic heterocycles. The molecule has 2 N–H and O–H groups in total. The molecule has 0 aliphatic carbocycles. The van der Waals surface area contributed by atoms with E-state index in [4.69, 9.17) is 9.47 Å².